The van der Waals surface area contributed by atoms with Crippen molar-refractivity contribution >= 4 is 22.4 Å². The molecule has 0 radical (unpaired) electrons. The number of hydrogen-bond acceptors (Lipinski definition) is 9. The van der Waals surface area contributed by atoms with Crippen molar-refractivity contribution in [2.24, 2.45) is 0 Å². The highest BCUT2D eigenvalue weighted by Crippen LogP contribution is 2.25. The van der Waals surface area contributed by atoms with Gasteiger partial charge in [0.15, 0.2) is 10.8 Å². The second kappa shape index (κ2) is 7.88. The van der Waals surface area contributed by atoms with E-state index in [0.717, 1.165) is 0 Å². The molecule has 4 heterocycles. The number of carbonyl (C=O) groups excluding carboxylic acids is 1. The van der Waals surface area contributed by atoms with E-state index in [0.29, 0.717) is 28.9 Å². The molecule has 0 aliphatic carbocycles. The first-order valence-corrected chi connectivity index (χ1v) is 9.16. The zero-order chi connectivity index (χ0) is 19.3. The summed E-state index contributed by atoms with van der Waals surface area (Å²) in [5, 5.41) is 12.6. The Morgan fingerprint density at radius 1 is 1.18 bits per heavy atom. The van der Waals surface area contributed by atoms with Crippen LogP contribution in [0.25, 0.3) is 17.3 Å². The molecule has 1 N–H and O–H groups in total. The Labute approximate surface area is 163 Å². The predicted molar refractivity (Wildman–Crippen MR) is 101 cm³/mol. The molecule has 0 saturated heterocycles. The molecule has 0 atom stereocenters. The van der Waals surface area contributed by atoms with Crippen LogP contribution in [0, 0.1) is 0 Å². The quantitative estimate of drug-likeness (QED) is 0.528. The minimum atomic E-state index is -0.419. The van der Waals surface area contributed by atoms with Gasteiger partial charge in [-0.2, -0.15) is 4.68 Å². The largest absolute Gasteiger partial charge is 0.492 e. The lowest BCUT2D eigenvalue weighted by Crippen LogP contribution is -2.18. The molecule has 4 rings (SSSR count). The molecular formula is C17H14N8O2S. The number of nitrogens with zero attached hydrogens (tertiary/aromatic N) is 7. The highest BCUT2D eigenvalue weighted by atomic mass is 32.1. The molecule has 0 aliphatic rings. The normalized spacial score (nSPS) is 10.6. The zero-order valence-corrected chi connectivity index (χ0v) is 15.5. The minimum Gasteiger partial charge on any atom is -0.492 e. The summed E-state index contributed by atoms with van der Waals surface area (Å²) in [6.45, 7) is 2.49. The summed E-state index contributed by atoms with van der Waals surface area (Å²) in [5.41, 5.74) is 1.54. The monoisotopic (exact) mass is 394 g/mol. The molecule has 10 nitrogen and oxygen atoms in total. The molecule has 0 fully saturated rings. The third kappa shape index (κ3) is 3.69. The number of carbonyl (C=O) groups is 1. The molecule has 4 aromatic heterocycles. The van der Waals surface area contributed by atoms with E-state index in [-0.39, 0.29) is 11.6 Å². The number of rotatable bonds is 6. The molecule has 0 aliphatic heterocycles. The molecule has 0 unspecified atom stereocenters. The first kappa shape index (κ1) is 17.7. The van der Waals surface area contributed by atoms with E-state index in [2.05, 4.69) is 35.6 Å². The summed E-state index contributed by atoms with van der Waals surface area (Å²) in [5.74, 6) is 0.528. The SMILES string of the molecule is CCOc1ccc(-c2csc(NC(=O)c3cnnn3-c3ncccn3)n2)nc1. The van der Waals surface area contributed by atoms with Gasteiger partial charge >= 0.3 is 0 Å². The number of nitrogens with one attached hydrogen (secondary N) is 1. The van der Waals surface area contributed by atoms with Gasteiger partial charge in [-0.3, -0.25) is 15.1 Å². The molecule has 0 bridgehead atoms. The van der Waals surface area contributed by atoms with Gasteiger partial charge in [0.25, 0.3) is 11.9 Å². The van der Waals surface area contributed by atoms with E-state index >= 15 is 0 Å². The highest BCUT2D eigenvalue weighted by Gasteiger charge is 2.18. The second-order valence-corrected chi connectivity index (χ2v) is 6.24. The fourth-order valence-electron chi connectivity index (χ4n) is 2.33. The number of anilines is 1. The lowest BCUT2D eigenvalue weighted by molar-refractivity contribution is 0.101. The van der Waals surface area contributed by atoms with Crippen LogP contribution in [0.15, 0.2) is 48.4 Å². The van der Waals surface area contributed by atoms with Crippen LogP contribution in [0.4, 0.5) is 5.13 Å². The Kier molecular flexibility index (Phi) is 4.97. The molecule has 4 aromatic rings. The molecule has 0 spiro atoms. The van der Waals surface area contributed by atoms with Crippen molar-refractivity contribution in [3.05, 3.63) is 54.1 Å². The van der Waals surface area contributed by atoms with Gasteiger partial charge in [-0.1, -0.05) is 5.21 Å². The van der Waals surface area contributed by atoms with Gasteiger partial charge in [-0.05, 0) is 25.1 Å². The number of aromatic nitrogens is 7. The first-order chi connectivity index (χ1) is 13.7. The standard InChI is InChI=1S/C17H14N8O2S/c1-2-27-11-4-5-12(20-8-11)13-10-28-17(22-13)23-15(26)14-9-21-24-25(14)16-18-6-3-7-19-16/h3-10H,2H2,1H3,(H,22,23,26). The number of amides is 1. The van der Waals surface area contributed by atoms with Gasteiger partial charge in [-0.25, -0.2) is 15.0 Å². The van der Waals surface area contributed by atoms with Gasteiger partial charge < -0.3 is 4.74 Å². The fraction of sp³-hybridized carbons (Fsp3) is 0.118. The van der Waals surface area contributed by atoms with Crippen molar-refractivity contribution in [3.63, 3.8) is 0 Å². The molecular weight excluding hydrogens is 380 g/mol. The van der Waals surface area contributed by atoms with Gasteiger partial charge in [-0.15, -0.1) is 16.4 Å². The Morgan fingerprint density at radius 3 is 2.79 bits per heavy atom. The number of pyridine rings is 1. The summed E-state index contributed by atoms with van der Waals surface area (Å²) in [6.07, 6.45) is 6.10. The van der Waals surface area contributed by atoms with Crippen molar-refractivity contribution in [2.45, 2.75) is 6.92 Å². The van der Waals surface area contributed by atoms with E-state index in [1.807, 2.05) is 24.4 Å². The van der Waals surface area contributed by atoms with Crippen molar-refractivity contribution in [1.29, 1.82) is 0 Å². The molecule has 1 amide bonds. The maximum absolute atomic E-state index is 12.6. The average Bonchev–Trinajstić information content (AvgIpc) is 3.39. The fourth-order valence-corrected chi connectivity index (χ4v) is 3.03. The predicted octanol–water partition coefficient (Wildman–Crippen LogP) is 2.23. The number of ether oxygens (including phenoxy) is 1. The van der Waals surface area contributed by atoms with Crippen molar-refractivity contribution in [1.82, 2.24) is 34.9 Å². The van der Waals surface area contributed by atoms with E-state index in [9.17, 15) is 4.79 Å². The lowest BCUT2D eigenvalue weighted by atomic mass is 10.3. The van der Waals surface area contributed by atoms with Crippen LogP contribution in [0.2, 0.25) is 0 Å². The van der Waals surface area contributed by atoms with Crippen molar-refractivity contribution in [3.8, 4) is 23.1 Å². The molecule has 11 heteroatoms. The smallest absolute Gasteiger partial charge is 0.277 e. The van der Waals surface area contributed by atoms with Crippen molar-refractivity contribution < 1.29 is 9.53 Å². The Balaban J connectivity index is 1.50. The van der Waals surface area contributed by atoms with E-state index in [4.69, 9.17) is 4.74 Å². The summed E-state index contributed by atoms with van der Waals surface area (Å²) in [7, 11) is 0. The third-order valence-corrected chi connectivity index (χ3v) is 4.32. The average molecular weight is 394 g/mol. The van der Waals surface area contributed by atoms with Crippen molar-refractivity contribution in [2.75, 3.05) is 11.9 Å². The number of hydrogen-bond donors (Lipinski definition) is 1. The Bertz CT molecular complexity index is 1080. The highest BCUT2D eigenvalue weighted by molar-refractivity contribution is 7.14. The Hall–Kier alpha value is -3.73. The van der Waals surface area contributed by atoms with Crippen LogP contribution in [-0.4, -0.2) is 47.4 Å². The maximum Gasteiger partial charge on any atom is 0.277 e. The Morgan fingerprint density at radius 2 is 2.04 bits per heavy atom. The maximum atomic E-state index is 12.6. The van der Waals surface area contributed by atoms with Gasteiger partial charge in [0.1, 0.15) is 11.4 Å². The number of thiazole rings is 1. The molecule has 140 valence electrons. The topological polar surface area (TPSA) is 121 Å². The minimum absolute atomic E-state index is 0.196. The van der Waals surface area contributed by atoms with Crippen LogP contribution in [-0.2, 0) is 0 Å². The van der Waals surface area contributed by atoms with Gasteiger partial charge in [0.05, 0.1) is 24.7 Å². The van der Waals surface area contributed by atoms with Crippen LogP contribution >= 0.6 is 11.3 Å². The molecule has 0 saturated carbocycles. The zero-order valence-electron chi connectivity index (χ0n) is 14.7. The van der Waals surface area contributed by atoms with Crippen LogP contribution in [0.1, 0.15) is 17.4 Å². The third-order valence-electron chi connectivity index (χ3n) is 3.56. The molecule has 28 heavy (non-hydrogen) atoms. The first-order valence-electron chi connectivity index (χ1n) is 8.29. The summed E-state index contributed by atoms with van der Waals surface area (Å²) in [4.78, 5) is 29.5. The summed E-state index contributed by atoms with van der Waals surface area (Å²) in [6, 6.07) is 5.32. The lowest BCUT2D eigenvalue weighted by Gasteiger charge is -2.04. The van der Waals surface area contributed by atoms with Gasteiger partial charge in [0, 0.05) is 17.8 Å². The van der Waals surface area contributed by atoms with E-state index in [1.165, 1.54) is 22.2 Å². The summed E-state index contributed by atoms with van der Waals surface area (Å²) >= 11 is 1.29. The molecule has 0 aromatic carbocycles. The van der Waals surface area contributed by atoms with Crippen LogP contribution in [0.3, 0.4) is 0 Å². The van der Waals surface area contributed by atoms with Crippen LogP contribution < -0.4 is 10.1 Å². The van der Waals surface area contributed by atoms with Gasteiger partial charge in [0.2, 0.25) is 0 Å². The summed E-state index contributed by atoms with van der Waals surface area (Å²) < 4.78 is 6.64. The van der Waals surface area contributed by atoms with E-state index in [1.54, 1.807) is 24.7 Å². The van der Waals surface area contributed by atoms with Crippen LogP contribution in [0.5, 0.6) is 5.75 Å². The van der Waals surface area contributed by atoms with E-state index < -0.39 is 5.91 Å². The second-order valence-electron chi connectivity index (χ2n) is 5.38.